The zero-order valence-electron chi connectivity index (χ0n) is 13.3. The van der Waals surface area contributed by atoms with E-state index in [1.165, 1.54) is 5.56 Å². The van der Waals surface area contributed by atoms with Crippen LogP contribution in [-0.4, -0.2) is 30.5 Å². The number of hydrogen-bond donors (Lipinski definition) is 1. The molecule has 0 saturated carbocycles. The summed E-state index contributed by atoms with van der Waals surface area (Å²) >= 11 is 0. The Balaban J connectivity index is 2.80. The Kier molecular flexibility index (Phi) is 6.50. The van der Waals surface area contributed by atoms with E-state index in [-0.39, 0.29) is 11.5 Å². The Morgan fingerprint density at radius 1 is 1.20 bits per heavy atom. The topological polar surface area (TPSA) is 38.7 Å². The van der Waals surface area contributed by atoms with E-state index in [2.05, 4.69) is 20.8 Å². The number of aliphatic hydroxyl groups excluding tert-OH is 1. The monoisotopic (exact) mass is 280 g/mol. The third kappa shape index (κ3) is 4.80. The lowest BCUT2D eigenvalue weighted by atomic mass is 9.81. The molecule has 3 nitrogen and oxygen atoms in total. The van der Waals surface area contributed by atoms with Gasteiger partial charge in [-0.1, -0.05) is 19.1 Å². The summed E-state index contributed by atoms with van der Waals surface area (Å²) in [6, 6.07) is 8.00. The van der Waals surface area contributed by atoms with Gasteiger partial charge in [-0.05, 0) is 51.3 Å². The minimum Gasteiger partial charge on any atom is -0.497 e. The molecule has 1 aromatic carbocycles. The normalized spacial score (nSPS) is 14.9. The van der Waals surface area contributed by atoms with Crippen LogP contribution in [0.2, 0.25) is 0 Å². The fourth-order valence-corrected chi connectivity index (χ4v) is 2.48. The summed E-state index contributed by atoms with van der Waals surface area (Å²) in [4.78, 5) is 0. The summed E-state index contributed by atoms with van der Waals surface area (Å²) in [6.45, 7) is 8.77. The molecule has 0 radical (unpaired) electrons. The van der Waals surface area contributed by atoms with Gasteiger partial charge in [0.05, 0.1) is 18.8 Å². The molecule has 1 unspecified atom stereocenters. The summed E-state index contributed by atoms with van der Waals surface area (Å²) in [5, 5.41) is 10.1. The van der Waals surface area contributed by atoms with Gasteiger partial charge in [0.15, 0.2) is 0 Å². The minimum atomic E-state index is -0.413. The highest BCUT2D eigenvalue weighted by atomic mass is 16.5. The van der Waals surface area contributed by atoms with Crippen molar-refractivity contribution in [1.29, 1.82) is 0 Å². The average molecular weight is 280 g/mol. The fourth-order valence-electron chi connectivity index (χ4n) is 2.48. The van der Waals surface area contributed by atoms with Gasteiger partial charge in [-0.2, -0.15) is 0 Å². The number of hydrogen-bond acceptors (Lipinski definition) is 3. The molecule has 0 spiro atoms. The maximum absolute atomic E-state index is 10.1. The standard InChI is InChI=1S/C17H28O3/c1-6-11-20-17(3,4)16(13(2)18)12-14-7-9-15(19-5)10-8-14/h7-10,13,16,18H,6,11-12H2,1-5H3/t13?,16-/m0/s1. The predicted octanol–water partition coefficient (Wildman–Crippen LogP) is 3.44. The smallest absolute Gasteiger partial charge is 0.118 e. The van der Waals surface area contributed by atoms with Gasteiger partial charge in [0.1, 0.15) is 5.75 Å². The Morgan fingerprint density at radius 3 is 2.25 bits per heavy atom. The molecule has 0 aliphatic heterocycles. The number of aliphatic hydroxyl groups is 1. The quantitative estimate of drug-likeness (QED) is 0.793. The largest absolute Gasteiger partial charge is 0.497 e. The van der Waals surface area contributed by atoms with E-state index in [4.69, 9.17) is 9.47 Å². The van der Waals surface area contributed by atoms with Gasteiger partial charge in [0.25, 0.3) is 0 Å². The number of rotatable bonds is 8. The predicted molar refractivity (Wildman–Crippen MR) is 82.2 cm³/mol. The Hall–Kier alpha value is -1.06. The average Bonchev–Trinajstić information content (AvgIpc) is 2.42. The van der Waals surface area contributed by atoms with Gasteiger partial charge in [-0.3, -0.25) is 0 Å². The third-order valence-corrected chi connectivity index (χ3v) is 3.77. The molecule has 1 rings (SSSR count). The summed E-state index contributed by atoms with van der Waals surface area (Å²) in [7, 11) is 1.66. The van der Waals surface area contributed by atoms with Gasteiger partial charge in [0.2, 0.25) is 0 Å². The van der Waals surface area contributed by atoms with Gasteiger partial charge in [-0.15, -0.1) is 0 Å². The van der Waals surface area contributed by atoms with Crippen molar-refractivity contribution < 1.29 is 14.6 Å². The van der Waals surface area contributed by atoms with Crippen LogP contribution in [-0.2, 0) is 11.2 Å². The molecule has 0 amide bonds. The number of ether oxygens (including phenoxy) is 2. The molecule has 20 heavy (non-hydrogen) atoms. The Labute approximate surface area is 122 Å². The van der Waals surface area contributed by atoms with Crippen LogP contribution in [0.15, 0.2) is 24.3 Å². The van der Waals surface area contributed by atoms with Crippen molar-refractivity contribution in [3.8, 4) is 5.75 Å². The van der Waals surface area contributed by atoms with Crippen LogP contribution < -0.4 is 4.74 Å². The summed E-state index contributed by atoms with van der Waals surface area (Å²) in [6.07, 6.45) is 1.36. The van der Waals surface area contributed by atoms with E-state index >= 15 is 0 Å². The van der Waals surface area contributed by atoms with Crippen LogP contribution in [0.25, 0.3) is 0 Å². The molecule has 1 N–H and O–H groups in total. The van der Waals surface area contributed by atoms with E-state index in [0.717, 1.165) is 25.2 Å². The first-order valence-corrected chi connectivity index (χ1v) is 7.35. The second kappa shape index (κ2) is 7.65. The van der Waals surface area contributed by atoms with E-state index in [1.54, 1.807) is 7.11 Å². The van der Waals surface area contributed by atoms with Crippen LogP contribution in [0.5, 0.6) is 5.75 Å². The molecular formula is C17H28O3. The molecule has 0 heterocycles. The van der Waals surface area contributed by atoms with Crippen molar-refractivity contribution in [3.63, 3.8) is 0 Å². The number of methoxy groups -OCH3 is 1. The first-order valence-electron chi connectivity index (χ1n) is 7.35. The van der Waals surface area contributed by atoms with Crippen LogP contribution in [0, 0.1) is 5.92 Å². The third-order valence-electron chi connectivity index (χ3n) is 3.77. The van der Waals surface area contributed by atoms with Crippen LogP contribution >= 0.6 is 0 Å². The molecule has 0 aromatic heterocycles. The lowest BCUT2D eigenvalue weighted by molar-refractivity contribution is -0.0929. The first kappa shape index (κ1) is 17.0. The molecule has 0 bridgehead atoms. The molecule has 0 aliphatic carbocycles. The van der Waals surface area contributed by atoms with Crippen molar-refractivity contribution in [3.05, 3.63) is 29.8 Å². The van der Waals surface area contributed by atoms with Crippen molar-refractivity contribution >= 4 is 0 Å². The Morgan fingerprint density at radius 2 is 1.80 bits per heavy atom. The van der Waals surface area contributed by atoms with Crippen molar-refractivity contribution in [2.75, 3.05) is 13.7 Å². The van der Waals surface area contributed by atoms with Gasteiger partial charge >= 0.3 is 0 Å². The molecule has 114 valence electrons. The SMILES string of the molecule is CCCOC(C)(C)[C@@H](Cc1ccc(OC)cc1)C(C)O. The lowest BCUT2D eigenvalue weighted by Gasteiger charge is -2.36. The maximum atomic E-state index is 10.1. The highest BCUT2D eigenvalue weighted by Crippen LogP contribution is 2.29. The van der Waals surface area contributed by atoms with E-state index < -0.39 is 6.10 Å². The number of benzene rings is 1. The maximum Gasteiger partial charge on any atom is 0.118 e. The van der Waals surface area contributed by atoms with Crippen molar-refractivity contribution in [1.82, 2.24) is 0 Å². The van der Waals surface area contributed by atoms with Crippen LogP contribution in [0.3, 0.4) is 0 Å². The second-order valence-corrected chi connectivity index (χ2v) is 5.85. The zero-order chi connectivity index (χ0) is 15.2. The summed E-state index contributed by atoms with van der Waals surface area (Å²) in [5.74, 6) is 0.909. The fraction of sp³-hybridized carbons (Fsp3) is 0.647. The molecule has 0 aliphatic rings. The minimum absolute atomic E-state index is 0.0578. The van der Waals surface area contributed by atoms with Gasteiger partial charge in [-0.25, -0.2) is 0 Å². The first-order chi connectivity index (χ1) is 9.40. The van der Waals surface area contributed by atoms with E-state index in [1.807, 2.05) is 31.2 Å². The van der Waals surface area contributed by atoms with E-state index in [0.29, 0.717) is 0 Å². The van der Waals surface area contributed by atoms with Crippen molar-refractivity contribution in [2.24, 2.45) is 5.92 Å². The molecule has 1 aromatic rings. The summed E-state index contributed by atoms with van der Waals surface area (Å²) in [5.41, 5.74) is 0.842. The van der Waals surface area contributed by atoms with Crippen LogP contribution in [0.4, 0.5) is 0 Å². The second-order valence-electron chi connectivity index (χ2n) is 5.85. The zero-order valence-corrected chi connectivity index (χ0v) is 13.3. The highest BCUT2D eigenvalue weighted by Gasteiger charge is 2.33. The van der Waals surface area contributed by atoms with E-state index in [9.17, 15) is 5.11 Å². The highest BCUT2D eigenvalue weighted by molar-refractivity contribution is 5.27. The van der Waals surface area contributed by atoms with Crippen LogP contribution in [0.1, 0.15) is 39.7 Å². The lowest BCUT2D eigenvalue weighted by Crippen LogP contribution is -2.42. The molecular weight excluding hydrogens is 252 g/mol. The summed E-state index contributed by atoms with van der Waals surface area (Å²) < 4.78 is 11.1. The molecule has 3 heteroatoms. The molecule has 0 fully saturated rings. The van der Waals surface area contributed by atoms with Crippen molar-refractivity contribution in [2.45, 2.75) is 52.2 Å². The van der Waals surface area contributed by atoms with Gasteiger partial charge in [0, 0.05) is 12.5 Å². The molecule has 0 saturated heterocycles. The Bertz CT molecular complexity index is 382. The molecule has 2 atom stereocenters. The van der Waals surface area contributed by atoms with Gasteiger partial charge < -0.3 is 14.6 Å².